The van der Waals surface area contributed by atoms with E-state index in [-0.39, 0.29) is 23.4 Å². The van der Waals surface area contributed by atoms with Crippen molar-refractivity contribution in [3.63, 3.8) is 0 Å². The van der Waals surface area contributed by atoms with Crippen LogP contribution in [0.5, 0.6) is 5.75 Å². The molecule has 1 amide bonds. The number of rotatable bonds is 7. The lowest BCUT2D eigenvalue weighted by atomic mass is 9.96. The summed E-state index contributed by atoms with van der Waals surface area (Å²) < 4.78 is 35.5. The standard InChI is InChI=1S/C29H33F2N5O2/c1-18(2)36-10-11-38-29-24(30)14-23(15-26(29)36)28-25(31)16-33-27(34-28)13-20-4-5-22-17-35(8-6-21(22)12-20)9-7-32-19(3)37/h4-5,12,14-16,18H,6-11,13,17H2,1-3H3,(H,32,37). The number of hydrogen-bond donors (Lipinski definition) is 1. The topological polar surface area (TPSA) is 70.6 Å². The number of nitrogens with zero attached hydrogens (tertiary/aromatic N) is 4. The van der Waals surface area contributed by atoms with Crippen molar-refractivity contribution in [3.05, 3.63) is 70.7 Å². The lowest BCUT2D eigenvalue weighted by Crippen LogP contribution is -2.38. The van der Waals surface area contributed by atoms with Crippen molar-refractivity contribution in [2.45, 2.75) is 46.2 Å². The lowest BCUT2D eigenvalue weighted by Gasteiger charge is -2.34. The van der Waals surface area contributed by atoms with Gasteiger partial charge >= 0.3 is 0 Å². The molecule has 2 aliphatic rings. The molecule has 0 saturated carbocycles. The summed E-state index contributed by atoms with van der Waals surface area (Å²) in [6, 6.07) is 9.53. The highest BCUT2D eigenvalue weighted by molar-refractivity contribution is 5.73. The number of carbonyl (C=O) groups is 1. The Balaban J connectivity index is 1.35. The molecule has 38 heavy (non-hydrogen) atoms. The second-order valence-electron chi connectivity index (χ2n) is 10.2. The van der Waals surface area contributed by atoms with Gasteiger partial charge in [-0.15, -0.1) is 0 Å². The molecule has 3 aromatic rings. The molecule has 0 bridgehead atoms. The van der Waals surface area contributed by atoms with Gasteiger partial charge in [0.15, 0.2) is 17.4 Å². The van der Waals surface area contributed by atoms with E-state index in [1.54, 1.807) is 6.07 Å². The zero-order valence-corrected chi connectivity index (χ0v) is 22.1. The smallest absolute Gasteiger partial charge is 0.216 e. The predicted octanol–water partition coefficient (Wildman–Crippen LogP) is 4.11. The molecule has 0 atom stereocenters. The molecule has 0 spiro atoms. The molecule has 7 nitrogen and oxygen atoms in total. The number of benzene rings is 2. The van der Waals surface area contributed by atoms with Gasteiger partial charge in [-0.25, -0.2) is 18.7 Å². The van der Waals surface area contributed by atoms with Gasteiger partial charge in [-0.05, 0) is 49.1 Å². The molecule has 1 aromatic heterocycles. The van der Waals surface area contributed by atoms with Crippen LogP contribution in [-0.2, 0) is 24.2 Å². The minimum absolute atomic E-state index is 0.0125. The van der Waals surface area contributed by atoms with Gasteiger partial charge in [0.05, 0.1) is 18.4 Å². The van der Waals surface area contributed by atoms with Gasteiger partial charge in [-0.1, -0.05) is 18.2 Å². The third-order valence-corrected chi connectivity index (χ3v) is 7.13. The van der Waals surface area contributed by atoms with Crippen LogP contribution in [0.3, 0.4) is 0 Å². The fraction of sp³-hybridized carbons (Fsp3) is 0.414. The molecule has 0 aliphatic carbocycles. The van der Waals surface area contributed by atoms with E-state index in [1.165, 1.54) is 24.1 Å². The van der Waals surface area contributed by atoms with Crippen molar-refractivity contribution in [3.8, 4) is 17.0 Å². The Hall–Kier alpha value is -3.59. The highest BCUT2D eigenvalue weighted by Gasteiger charge is 2.26. The third-order valence-electron chi connectivity index (χ3n) is 7.13. The fourth-order valence-corrected chi connectivity index (χ4v) is 5.20. The zero-order chi connectivity index (χ0) is 26.8. The molecule has 1 N–H and O–H groups in total. The number of nitrogens with one attached hydrogen (secondary N) is 1. The summed E-state index contributed by atoms with van der Waals surface area (Å²) in [5, 5.41) is 2.85. The maximum Gasteiger partial charge on any atom is 0.216 e. The van der Waals surface area contributed by atoms with Gasteiger partial charge in [0.2, 0.25) is 5.91 Å². The number of carbonyl (C=O) groups excluding carboxylic acids is 1. The Morgan fingerprint density at radius 2 is 1.97 bits per heavy atom. The van der Waals surface area contributed by atoms with E-state index in [4.69, 9.17) is 4.74 Å². The van der Waals surface area contributed by atoms with Crippen LogP contribution in [0.1, 0.15) is 43.3 Å². The fourth-order valence-electron chi connectivity index (χ4n) is 5.20. The highest BCUT2D eigenvalue weighted by Crippen LogP contribution is 2.39. The number of anilines is 1. The van der Waals surface area contributed by atoms with Crippen molar-refractivity contribution in [1.29, 1.82) is 0 Å². The van der Waals surface area contributed by atoms with Gasteiger partial charge < -0.3 is 15.0 Å². The first-order valence-electron chi connectivity index (χ1n) is 13.1. The van der Waals surface area contributed by atoms with Crippen LogP contribution in [0, 0.1) is 11.6 Å². The van der Waals surface area contributed by atoms with Crippen molar-refractivity contribution >= 4 is 11.6 Å². The Morgan fingerprint density at radius 3 is 2.76 bits per heavy atom. The number of amides is 1. The monoisotopic (exact) mass is 521 g/mol. The van der Waals surface area contributed by atoms with Crippen molar-refractivity contribution < 1.29 is 18.3 Å². The molecule has 9 heteroatoms. The molecule has 5 rings (SSSR count). The molecule has 2 aromatic carbocycles. The van der Waals surface area contributed by atoms with Crippen LogP contribution >= 0.6 is 0 Å². The molecule has 0 fully saturated rings. The second-order valence-corrected chi connectivity index (χ2v) is 10.2. The van der Waals surface area contributed by atoms with Crippen LogP contribution in [-0.4, -0.2) is 59.6 Å². The first-order valence-corrected chi connectivity index (χ1v) is 13.1. The lowest BCUT2D eigenvalue weighted by molar-refractivity contribution is -0.119. The van der Waals surface area contributed by atoms with Crippen molar-refractivity contribution in [2.75, 3.05) is 37.7 Å². The molecule has 3 heterocycles. The van der Waals surface area contributed by atoms with Gasteiger partial charge in [0.25, 0.3) is 0 Å². The highest BCUT2D eigenvalue weighted by atomic mass is 19.1. The first kappa shape index (κ1) is 26.0. The Labute approximate surface area is 221 Å². The normalized spacial score (nSPS) is 15.2. The largest absolute Gasteiger partial charge is 0.486 e. The zero-order valence-electron chi connectivity index (χ0n) is 22.1. The Bertz CT molecular complexity index is 1350. The van der Waals surface area contributed by atoms with E-state index < -0.39 is 11.6 Å². The van der Waals surface area contributed by atoms with Gasteiger partial charge in [-0.2, -0.15) is 0 Å². The van der Waals surface area contributed by atoms with Crippen molar-refractivity contribution in [1.82, 2.24) is 20.2 Å². The minimum Gasteiger partial charge on any atom is -0.486 e. The van der Waals surface area contributed by atoms with E-state index >= 15 is 0 Å². The maximum absolute atomic E-state index is 15.0. The summed E-state index contributed by atoms with van der Waals surface area (Å²) in [6.07, 6.45) is 2.53. The van der Waals surface area contributed by atoms with Gasteiger partial charge in [-0.3, -0.25) is 9.69 Å². The first-order chi connectivity index (χ1) is 18.3. The average Bonchev–Trinajstić information content (AvgIpc) is 2.89. The van der Waals surface area contributed by atoms with Crippen LogP contribution in [0.4, 0.5) is 14.5 Å². The number of ether oxygens (including phenoxy) is 1. The minimum atomic E-state index is -0.592. The SMILES string of the molecule is CC(=O)NCCN1CCc2cc(Cc3ncc(F)c(-c4cc(F)c5c(c4)N(C(C)C)CCO5)n3)ccc2C1. The molecule has 2 aliphatic heterocycles. The third kappa shape index (κ3) is 5.62. The predicted molar refractivity (Wildman–Crippen MR) is 142 cm³/mol. The molecule has 0 saturated heterocycles. The van der Waals surface area contributed by atoms with Crippen molar-refractivity contribution in [2.24, 2.45) is 0 Å². The van der Waals surface area contributed by atoms with E-state index in [0.717, 1.165) is 37.8 Å². The van der Waals surface area contributed by atoms with E-state index in [2.05, 4.69) is 43.3 Å². The van der Waals surface area contributed by atoms with Crippen LogP contribution in [0.15, 0.2) is 36.5 Å². The number of halogens is 2. The van der Waals surface area contributed by atoms with Crippen LogP contribution < -0.4 is 15.0 Å². The molecule has 0 unspecified atom stereocenters. The van der Waals surface area contributed by atoms with E-state index in [1.807, 2.05) is 13.8 Å². The van der Waals surface area contributed by atoms with Crippen LogP contribution in [0.25, 0.3) is 11.3 Å². The molecular formula is C29H33F2N5O2. The molecular weight excluding hydrogens is 488 g/mol. The van der Waals surface area contributed by atoms with Gasteiger partial charge in [0, 0.05) is 51.1 Å². The number of aromatic nitrogens is 2. The average molecular weight is 522 g/mol. The molecule has 0 radical (unpaired) electrons. The summed E-state index contributed by atoms with van der Waals surface area (Å²) >= 11 is 0. The number of fused-ring (bicyclic) bond motifs is 2. The summed E-state index contributed by atoms with van der Waals surface area (Å²) in [5.41, 5.74) is 4.66. The summed E-state index contributed by atoms with van der Waals surface area (Å²) in [7, 11) is 0. The van der Waals surface area contributed by atoms with E-state index in [0.29, 0.717) is 43.2 Å². The van der Waals surface area contributed by atoms with Crippen LogP contribution in [0.2, 0.25) is 0 Å². The maximum atomic E-state index is 15.0. The quantitative estimate of drug-likeness (QED) is 0.505. The summed E-state index contributed by atoms with van der Waals surface area (Å²) in [4.78, 5) is 24.2. The van der Waals surface area contributed by atoms with E-state index in [9.17, 15) is 13.6 Å². The summed E-state index contributed by atoms with van der Waals surface area (Å²) in [5.74, 6) is -0.453. The Kier molecular flexibility index (Phi) is 7.56. The molecule has 200 valence electrons. The Morgan fingerprint density at radius 1 is 1.13 bits per heavy atom. The second kappa shape index (κ2) is 11.0. The summed E-state index contributed by atoms with van der Waals surface area (Å²) in [6.45, 7) is 9.86. The van der Waals surface area contributed by atoms with Gasteiger partial charge in [0.1, 0.15) is 18.1 Å². The number of hydrogen-bond acceptors (Lipinski definition) is 6.